The van der Waals surface area contributed by atoms with Crippen LogP contribution in [0.2, 0.25) is 0 Å². The Morgan fingerprint density at radius 1 is 1.28 bits per heavy atom. The van der Waals surface area contributed by atoms with Gasteiger partial charge in [-0.3, -0.25) is 0 Å². The van der Waals surface area contributed by atoms with Crippen molar-refractivity contribution in [3.8, 4) is 11.6 Å². The average Bonchev–Trinajstić information content (AvgIpc) is 2.76. The van der Waals surface area contributed by atoms with Gasteiger partial charge < -0.3 is 4.74 Å². The van der Waals surface area contributed by atoms with E-state index >= 15 is 0 Å². The van der Waals surface area contributed by atoms with Gasteiger partial charge in [0.05, 0.1) is 0 Å². The molecule has 0 aliphatic carbocycles. The van der Waals surface area contributed by atoms with Gasteiger partial charge in [-0.15, -0.1) is 5.10 Å². The lowest BCUT2D eigenvalue weighted by Crippen LogP contribution is -2.09. The van der Waals surface area contributed by atoms with Crippen molar-refractivity contribution in [2.45, 2.75) is 0 Å². The predicted octanol–water partition coefficient (Wildman–Crippen LogP) is 1.35. The number of H-pyrrole nitrogens is 1. The molecular weight excluding hydrogens is 239 g/mol. The first-order valence-corrected chi connectivity index (χ1v) is 5.09. The zero-order chi connectivity index (χ0) is 12.5. The SMILES string of the molecule is O=c1[nH]nc2c(Oc3ccc(F)cc3)nccn12. The van der Waals surface area contributed by atoms with Crippen LogP contribution < -0.4 is 10.4 Å². The summed E-state index contributed by atoms with van der Waals surface area (Å²) in [5.41, 5.74) is -0.108. The lowest BCUT2D eigenvalue weighted by Gasteiger charge is -2.04. The van der Waals surface area contributed by atoms with Gasteiger partial charge >= 0.3 is 5.69 Å². The van der Waals surface area contributed by atoms with E-state index in [0.717, 1.165) is 0 Å². The van der Waals surface area contributed by atoms with Gasteiger partial charge in [0.1, 0.15) is 11.6 Å². The molecule has 90 valence electrons. The fourth-order valence-corrected chi connectivity index (χ4v) is 1.51. The zero-order valence-electron chi connectivity index (χ0n) is 9.00. The third kappa shape index (κ3) is 1.71. The van der Waals surface area contributed by atoms with Gasteiger partial charge in [-0.05, 0) is 24.3 Å². The Hall–Kier alpha value is -2.70. The molecule has 0 atom stereocenters. The lowest BCUT2D eigenvalue weighted by atomic mass is 10.3. The molecule has 18 heavy (non-hydrogen) atoms. The summed E-state index contributed by atoms with van der Waals surface area (Å²) >= 11 is 0. The van der Waals surface area contributed by atoms with Crippen LogP contribution in [-0.4, -0.2) is 19.6 Å². The van der Waals surface area contributed by atoms with Crippen LogP contribution in [0.3, 0.4) is 0 Å². The summed E-state index contributed by atoms with van der Waals surface area (Å²) in [5.74, 6) is 0.222. The summed E-state index contributed by atoms with van der Waals surface area (Å²) in [6.45, 7) is 0. The van der Waals surface area contributed by atoms with E-state index in [0.29, 0.717) is 5.75 Å². The lowest BCUT2D eigenvalue weighted by molar-refractivity contribution is 0.463. The second-order valence-corrected chi connectivity index (χ2v) is 3.51. The maximum atomic E-state index is 12.7. The quantitative estimate of drug-likeness (QED) is 0.740. The molecule has 2 heterocycles. The molecule has 0 saturated carbocycles. The number of nitrogens with one attached hydrogen (secondary N) is 1. The van der Waals surface area contributed by atoms with Crippen LogP contribution >= 0.6 is 0 Å². The Labute approximate surface area is 99.7 Å². The molecule has 0 amide bonds. The molecule has 2 aromatic heterocycles. The van der Waals surface area contributed by atoms with E-state index in [1.165, 1.54) is 41.1 Å². The monoisotopic (exact) mass is 246 g/mol. The van der Waals surface area contributed by atoms with E-state index in [1.807, 2.05) is 0 Å². The average molecular weight is 246 g/mol. The fourth-order valence-electron chi connectivity index (χ4n) is 1.51. The largest absolute Gasteiger partial charge is 0.436 e. The van der Waals surface area contributed by atoms with E-state index in [2.05, 4.69) is 15.2 Å². The summed E-state index contributed by atoms with van der Waals surface area (Å²) in [7, 11) is 0. The number of halogens is 1. The highest BCUT2D eigenvalue weighted by molar-refractivity contribution is 5.49. The highest BCUT2D eigenvalue weighted by Crippen LogP contribution is 2.21. The van der Waals surface area contributed by atoms with E-state index in [4.69, 9.17) is 4.74 Å². The van der Waals surface area contributed by atoms with Crippen molar-refractivity contribution in [3.63, 3.8) is 0 Å². The highest BCUT2D eigenvalue weighted by Gasteiger charge is 2.09. The molecule has 0 bridgehead atoms. The van der Waals surface area contributed by atoms with Crippen molar-refractivity contribution in [2.24, 2.45) is 0 Å². The molecule has 6 nitrogen and oxygen atoms in total. The van der Waals surface area contributed by atoms with Crippen molar-refractivity contribution in [1.29, 1.82) is 0 Å². The molecule has 0 aliphatic rings. The van der Waals surface area contributed by atoms with Crippen molar-refractivity contribution >= 4 is 5.65 Å². The summed E-state index contributed by atoms with van der Waals surface area (Å²) in [6, 6.07) is 5.47. The van der Waals surface area contributed by atoms with Gasteiger partial charge in [-0.2, -0.15) is 0 Å². The molecule has 1 aromatic carbocycles. The molecule has 0 fully saturated rings. The van der Waals surface area contributed by atoms with Crippen LogP contribution in [0.15, 0.2) is 41.5 Å². The van der Waals surface area contributed by atoms with E-state index in [1.54, 1.807) is 0 Å². The molecule has 0 saturated heterocycles. The van der Waals surface area contributed by atoms with Gasteiger partial charge in [-0.1, -0.05) is 0 Å². The fraction of sp³-hybridized carbons (Fsp3) is 0. The Kier molecular flexibility index (Phi) is 2.30. The van der Waals surface area contributed by atoms with Crippen LogP contribution in [0, 0.1) is 5.82 Å². The molecule has 0 radical (unpaired) electrons. The van der Waals surface area contributed by atoms with Crippen LogP contribution in [0.1, 0.15) is 0 Å². The molecular formula is C11H7FN4O2. The molecule has 3 rings (SSSR count). The van der Waals surface area contributed by atoms with Crippen LogP contribution in [0.25, 0.3) is 5.65 Å². The normalized spacial score (nSPS) is 10.7. The van der Waals surface area contributed by atoms with Gasteiger partial charge in [0, 0.05) is 12.4 Å². The first-order valence-electron chi connectivity index (χ1n) is 5.09. The molecule has 0 aliphatic heterocycles. The first kappa shape index (κ1) is 10.5. The van der Waals surface area contributed by atoms with Crippen molar-refractivity contribution in [3.05, 3.63) is 53.0 Å². The van der Waals surface area contributed by atoms with Gasteiger partial charge in [0.25, 0.3) is 5.88 Å². The number of ether oxygens (including phenoxy) is 1. The standard InChI is InChI=1S/C11H7FN4O2/c12-7-1-3-8(4-2-7)18-10-9-14-15-11(17)16(9)6-5-13-10/h1-6H,(H,15,17). The van der Waals surface area contributed by atoms with Crippen LogP contribution in [0.4, 0.5) is 4.39 Å². The van der Waals surface area contributed by atoms with Crippen molar-refractivity contribution in [2.75, 3.05) is 0 Å². The molecule has 3 aromatic rings. The number of hydrogen-bond acceptors (Lipinski definition) is 4. The van der Waals surface area contributed by atoms with Crippen molar-refractivity contribution < 1.29 is 9.13 Å². The number of rotatable bonds is 2. The minimum absolute atomic E-state index is 0.169. The zero-order valence-corrected chi connectivity index (χ0v) is 9.00. The van der Waals surface area contributed by atoms with E-state index in [9.17, 15) is 9.18 Å². The number of aromatic amines is 1. The predicted molar refractivity (Wildman–Crippen MR) is 60.1 cm³/mol. The Morgan fingerprint density at radius 2 is 2.06 bits per heavy atom. The third-order valence-electron chi connectivity index (χ3n) is 2.33. The Morgan fingerprint density at radius 3 is 2.83 bits per heavy atom. The van der Waals surface area contributed by atoms with Gasteiger partial charge in [-0.25, -0.2) is 23.7 Å². The topological polar surface area (TPSA) is 72.3 Å². The molecule has 0 unspecified atom stereocenters. The number of hydrogen-bond donors (Lipinski definition) is 1. The van der Waals surface area contributed by atoms with Crippen LogP contribution in [-0.2, 0) is 0 Å². The summed E-state index contributed by atoms with van der Waals surface area (Å²) in [4.78, 5) is 15.3. The highest BCUT2D eigenvalue weighted by atomic mass is 19.1. The maximum absolute atomic E-state index is 12.7. The summed E-state index contributed by atoms with van der Waals surface area (Å²) in [5, 5.41) is 6.09. The Balaban J connectivity index is 2.04. The third-order valence-corrected chi connectivity index (χ3v) is 2.33. The summed E-state index contributed by atoms with van der Waals surface area (Å²) in [6.07, 6.45) is 2.89. The van der Waals surface area contributed by atoms with Crippen LogP contribution in [0.5, 0.6) is 11.6 Å². The van der Waals surface area contributed by atoms with E-state index < -0.39 is 0 Å². The van der Waals surface area contributed by atoms with Gasteiger partial charge in [0.15, 0.2) is 0 Å². The second-order valence-electron chi connectivity index (χ2n) is 3.51. The summed E-state index contributed by atoms with van der Waals surface area (Å²) < 4.78 is 19.5. The maximum Gasteiger partial charge on any atom is 0.347 e. The number of benzene rings is 1. The minimum atomic E-state index is -0.378. The second kappa shape index (κ2) is 3.95. The molecule has 0 spiro atoms. The molecule has 1 N–H and O–H groups in total. The molecule has 7 heteroatoms. The number of aromatic nitrogens is 4. The number of nitrogens with zero attached hydrogens (tertiary/aromatic N) is 3. The first-order chi connectivity index (χ1) is 8.74. The van der Waals surface area contributed by atoms with Gasteiger partial charge in [0.2, 0.25) is 5.65 Å². The number of fused-ring (bicyclic) bond motifs is 1. The smallest absolute Gasteiger partial charge is 0.347 e. The minimum Gasteiger partial charge on any atom is -0.436 e. The van der Waals surface area contributed by atoms with Crippen molar-refractivity contribution in [1.82, 2.24) is 19.6 Å². The Bertz CT molecular complexity index is 748. The van der Waals surface area contributed by atoms with E-state index in [-0.39, 0.29) is 23.0 Å².